The minimum Gasteiger partial charge on any atom is -0.380 e. The molecule has 0 saturated carbocycles. The number of ether oxygens (including phenoxy) is 1. The summed E-state index contributed by atoms with van der Waals surface area (Å²) in [5, 5.41) is 7.97. The van der Waals surface area contributed by atoms with E-state index in [1.54, 1.807) is 6.07 Å². The van der Waals surface area contributed by atoms with E-state index in [0.29, 0.717) is 5.56 Å². The summed E-state index contributed by atoms with van der Waals surface area (Å²) in [7, 11) is -2.38. The molecule has 1 rings (SSSR count). The van der Waals surface area contributed by atoms with Crippen molar-refractivity contribution in [3.8, 4) is 0 Å². The van der Waals surface area contributed by atoms with Gasteiger partial charge in [0.05, 0.1) is 11.5 Å². The van der Waals surface area contributed by atoms with Gasteiger partial charge >= 0.3 is 0 Å². The monoisotopic (exact) mass is 314 g/mol. The van der Waals surface area contributed by atoms with Crippen molar-refractivity contribution in [2.24, 2.45) is 5.14 Å². The van der Waals surface area contributed by atoms with Crippen molar-refractivity contribution in [1.29, 1.82) is 0 Å². The van der Waals surface area contributed by atoms with Crippen molar-refractivity contribution in [3.05, 3.63) is 29.3 Å². The number of carbonyl (C=O) groups excluding carboxylic acids is 1. The summed E-state index contributed by atoms with van der Waals surface area (Å²) in [5.41, 5.74) is 0.842. The number of nitrogens with two attached hydrogens (primary N) is 1. The zero-order chi connectivity index (χ0) is 16.0. The van der Waals surface area contributed by atoms with Crippen molar-refractivity contribution >= 4 is 15.9 Å². The van der Waals surface area contributed by atoms with Gasteiger partial charge in [0, 0.05) is 18.7 Å². The van der Waals surface area contributed by atoms with E-state index in [4.69, 9.17) is 9.88 Å². The van der Waals surface area contributed by atoms with E-state index in [0.717, 1.165) is 12.8 Å². The Morgan fingerprint density at radius 1 is 1.38 bits per heavy atom. The predicted octanol–water partition coefficient (Wildman–Crippen LogP) is 1.40. The number of hydrogen-bond donors (Lipinski definition) is 2. The van der Waals surface area contributed by atoms with E-state index in [1.165, 1.54) is 19.2 Å². The first-order valence-corrected chi connectivity index (χ1v) is 8.29. The molecule has 0 aliphatic carbocycles. The van der Waals surface area contributed by atoms with Gasteiger partial charge in [0.25, 0.3) is 5.91 Å². The highest BCUT2D eigenvalue weighted by atomic mass is 32.2. The summed E-state index contributed by atoms with van der Waals surface area (Å²) in [4.78, 5) is 12.1. The fraction of sp³-hybridized carbons (Fsp3) is 0.500. The highest BCUT2D eigenvalue weighted by Crippen LogP contribution is 2.15. The minimum atomic E-state index is -3.87. The van der Waals surface area contributed by atoms with Gasteiger partial charge < -0.3 is 10.1 Å². The van der Waals surface area contributed by atoms with Crippen molar-refractivity contribution in [3.63, 3.8) is 0 Å². The number of sulfonamides is 1. The molecule has 7 heteroatoms. The van der Waals surface area contributed by atoms with Crippen LogP contribution in [0.1, 0.15) is 42.6 Å². The fourth-order valence-corrected chi connectivity index (χ4v) is 2.63. The zero-order valence-corrected chi connectivity index (χ0v) is 13.4. The van der Waals surface area contributed by atoms with E-state index in [-0.39, 0.29) is 29.0 Å². The zero-order valence-electron chi connectivity index (χ0n) is 12.5. The molecule has 1 amide bonds. The third-order valence-electron chi connectivity index (χ3n) is 2.97. The molecule has 0 bridgehead atoms. The lowest BCUT2D eigenvalue weighted by Crippen LogP contribution is -2.32. The summed E-state index contributed by atoms with van der Waals surface area (Å²) < 4.78 is 28.0. The number of nitrogens with one attached hydrogen (secondary N) is 1. The molecule has 0 saturated heterocycles. The predicted molar refractivity (Wildman–Crippen MR) is 80.4 cm³/mol. The van der Waals surface area contributed by atoms with Gasteiger partial charge in [0.1, 0.15) is 0 Å². The molecule has 0 aliphatic rings. The Kier molecular flexibility index (Phi) is 6.32. The molecule has 1 aromatic rings. The largest absolute Gasteiger partial charge is 0.380 e. The van der Waals surface area contributed by atoms with E-state index >= 15 is 0 Å². The molecule has 0 heterocycles. The lowest BCUT2D eigenvalue weighted by Gasteiger charge is -2.14. The molecule has 118 valence electrons. The van der Waals surface area contributed by atoms with Gasteiger partial charge in [-0.2, -0.15) is 0 Å². The Balaban J connectivity index is 3.10. The summed E-state index contributed by atoms with van der Waals surface area (Å²) in [6, 6.07) is 4.31. The van der Waals surface area contributed by atoms with Crippen molar-refractivity contribution in [1.82, 2.24) is 5.32 Å². The van der Waals surface area contributed by atoms with Gasteiger partial charge in [-0.1, -0.05) is 13.3 Å². The molecular weight excluding hydrogens is 292 g/mol. The number of hydrogen-bond acceptors (Lipinski definition) is 4. The van der Waals surface area contributed by atoms with Crippen LogP contribution >= 0.6 is 0 Å². The Morgan fingerprint density at radius 3 is 2.57 bits per heavy atom. The number of amides is 1. The van der Waals surface area contributed by atoms with Crippen LogP contribution in [0.4, 0.5) is 0 Å². The van der Waals surface area contributed by atoms with Gasteiger partial charge in [0.15, 0.2) is 0 Å². The van der Waals surface area contributed by atoms with Crippen LogP contribution in [-0.4, -0.2) is 27.5 Å². The summed E-state index contributed by atoms with van der Waals surface area (Å²) in [6.45, 7) is 4.14. The first-order chi connectivity index (χ1) is 9.77. The molecule has 0 fully saturated rings. The molecule has 1 aromatic carbocycles. The topological polar surface area (TPSA) is 98.5 Å². The average molecular weight is 314 g/mol. The number of primary sulfonamides is 1. The summed E-state index contributed by atoms with van der Waals surface area (Å²) >= 11 is 0. The second-order valence-electron chi connectivity index (χ2n) is 5.01. The molecule has 0 spiro atoms. The summed E-state index contributed by atoms with van der Waals surface area (Å²) in [5.74, 6) is -0.321. The van der Waals surface area contributed by atoms with Gasteiger partial charge in [-0.15, -0.1) is 0 Å². The SMILES string of the molecule is CCCC(C)NC(=O)c1cc(COC)cc(S(N)(=O)=O)c1. The van der Waals surface area contributed by atoms with E-state index in [1.807, 2.05) is 13.8 Å². The van der Waals surface area contributed by atoms with Crippen LogP contribution in [0.2, 0.25) is 0 Å². The number of carbonyl (C=O) groups is 1. The third kappa shape index (κ3) is 5.45. The van der Waals surface area contributed by atoms with E-state index in [9.17, 15) is 13.2 Å². The molecule has 3 N–H and O–H groups in total. The van der Waals surface area contributed by atoms with Gasteiger partial charge in [-0.3, -0.25) is 4.79 Å². The Hall–Kier alpha value is -1.44. The maximum atomic E-state index is 12.2. The van der Waals surface area contributed by atoms with Crippen molar-refractivity contribution in [2.75, 3.05) is 7.11 Å². The maximum Gasteiger partial charge on any atom is 0.251 e. The maximum absolute atomic E-state index is 12.2. The van der Waals surface area contributed by atoms with Crippen LogP contribution in [-0.2, 0) is 21.4 Å². The number of rotatable bonds is 7. The molecule has 0 aromatic heterocycles. The van der Waals surface area contributed by atoms with Crippen LogP contribution < -0.4 is 10.5 Å². The van der Waals surface area contributed by atoms with Crippen LogP contribution in [0.3, 0.4) is 0 Å². The lowest BCUT2D eigenvalue weighted by atomic mass is 10.1. The van der Waals surface area contributed by atoms with Crippen LogP contribution in [0.5, 0.6) is 0 Å². The average Bonchev–Trinajstić information content (AvgIpc) is 2.38. The molecule has 0 aliphatic heterocycles. The second kappa shape index (κ2) is 7.53. The van der Waals surface area contributed by atoms with Crippen LogP contribution in [0.15, 0.2) is 23.1 Å². The third-order valence-corrected chi connectivity index (χ3v) is 3.86. The highest BCUT2D eigenvalue weighted by molar-refractivity contribution is 7.89. The molecule has 0 radical (unpaired) electrons. The number of benzene rings is 1. The van der Waals surface area contributed by atoms with Crippen LogP contribution in [0, 0.1) is 0 Å². The second-order valence-corrected chi connectivity index (χ2v) is 6.57. The normalized spacial score (nSPS) is 13.0. The first-order valence-electron chi connectivity index (χ1n) is 6.74. The van der Waals surface area contributed by atoms with Crippen molar-refractivity contribution < 1.29 is 17.9 Å². The van der Waals surface area contributed by atoms with E-state index in [2.05, 4.69) is 5.32 Å². The van der Waals surface area contributed by atoms with Gasteiger partial charge in [-0.05, 0) is 37.1 Å². The Bertz CT molecular complexity index is 599. The Labute approximate surface area is 125 Å². The molecule has 6 nitrogen and oxygen atoms in total. The molecule has 1 atom stereocenters. The number of methoxy groups -OCH3 is 1. The first kappa shape index (κ1) is 17.6. The molecule has 21 heavy (non-hydrogen) atoms. The highest BCUT2D eigenvalue weighted by Gasteiger charge is 2.16. The minimum absolute atomic E-state index is 0.0199. The molecular formula is C14H22N2O4S. The van der Waals surface area contributed by atoms with Crippen molar-refractivity contribution in [2.45, 2.75) is 44.2 Å². The fourth-order valence-electron chi connectivity index (χ4n) is 2.02. The van der Waals surface area contributed by atoms with E-state index < -0.39 is 10.0 Å². The Morgan fingerprint density at radius 2 is 2.05 bits per heavy atom. The summed E-state index contributed by atoms with van der Waals surface area (Å²) in [6.07, 6.45) is 1.80. The standard InChI is InChI=1S/C14H22N2O4S/c1-4-5-10(2)16-14(17)12-6-11(9-20-3)7-13(8-12)21(15,18)19/h6-8,10H,4-5,9H2,1-3H3,(H,16,17)(H2,15,18,19). The van der Waals surface area contributed by atoms with Crippen LogP contribution in [0.25, 0.3) is 0 Å². The van der Waals surface area contributed by atoms with Gasteiger partial charge in [0.2, 0.25) is 10.0 Å². The molecule has 1 unspecified atom stereocenters. The smallest absolute Gasteiger partial charge is 0.251 e. The van der Waals surface area contributed by atoms with Gasteiger partial charge in [-0.25, -0.2) is 13.6 Å². The lowest BCUT2D eigenvalue weighted by molar-refractivity contribution is 0.0937. The quantitative estimate of drug-likeness (QED) is 0.794.